The van der Waals surface area contributed by atoms with E-state index in [2.05, 4.69) is 12.2 Å². The van der Waals surface area contributed by atoms with Gasteiger partial charge in [-0.3, -0.25) is 10.1 Å². The molecule has 0 heterocycles. The number of aryl methyl sites for hydroxylation is 1. The Hall–Kier alpha value is -1.62. The number of hydrogen-bond acceptors (Lipinski definition) is 4. The minimum Gasteiger partial charge on any atom is -0.394 e. The molecule has 1 aliphatic carbocycles. The number of nitro benzene ring substituents is 1. The molecule has 0 radical (unpaired) electrons. The number of nitrogens with zero attached hydrogens (tertiary/aromatic N) is 1. The van der Waals surface area contributed by atoms with Crippen LogP contribution in [0.5, 0.6) is 0 Å². The lowest BCUT2D eigenvalue weighted by Crippen LogP contribution is -2.45. The molecule has 5 heteroatoms. The van der Waals surface area contributed by atoms with Crippen LogP contribution in [0.1, 0.15) is 38.2 Å². The van der Waals surface area contributed by atoms with E-state index in [0.29, 0.717) is 17.2 Å². The van der Waals surface area contributed by atoms with Gasteiger partial charge in [0.15, 0.2) is 0 Å². The van der Waals surface area contributed by atoms with Gasteiger partial charge in [0.25, 0.3) is 5.69 Å². The van der Waals surface area contributed by atoms with Gasteiger partial charge in [0.2, 0.25) is 0 Å². The summed E-state index contributed by atoms with van der Waals surface area (Å²) in [4.78, 5) is 10.6. The molecule has 2 N–H and O–H groups in total. The first kappa shape index (κ1) is 14.8. The molecule has 2 rings (SSSR count). The lowest BCUT2D eigenvalue weighted by molar-refractivity contribution is -0.385. The summed E-state index contributed by atoms with van der Waals surface area (Å²) in [6.07, 6.45) is 3.93. The van der Waals surface area contributed by atoms with Crippen molar-refractivity contribution >= 4 is 11.4 Å². The standard InChI is InChI=1S/C15H22N2O3/c1-11-5-7-15(10-18,8-6-11)16-13-4-3-12(2)14(9-13)17(19)20/h3-4,9,11,16,18H,5-8,10H2,1-2H3. The van der Waals surface area contributed by atoms with Gasteiger partial charge in [0, 0.05) is 17.3 Å². The van der Waals surface area contributed by atoms with Gasteiger partial charge < -0.3 is 10.4 Å². The number of aliphatic hydroxyl groups is 1. The van der Waals surface area contributed by atoms with E-state index >= 15 is 0 Å². The van der Waals surface area contributed by atoms with Crippen molar-refractivity contribution in [2.45, 2.75) is 45.1 Å². The fourth-order valence-electron chi connectivity index (χ4n) is 2.83. The molecule has 0 amide bonds. The molecule has 1 fully saturated rings. The van der Waals surface area contributed by atoms with Crippen molar-refractivity contribution in [2.75, 3.05) is 11.9 Å². The van der Waals surface area contributed by atoms with Crippen LogP contribution in [-0.2, 0) is 0 Å². The van der Waals surface area contributed by atoms with Crippen LogP contribution in [-0.4, -0.2) is 22.2 Å². The average Bonchev–Trinajstić information content (AvgIpc) is 2.43. The number of anilines is 1. The smallest absolute Gasteiger partial charge is 0.274 e. The third-order valence-electron chi connectivity index (χ3n) is 4.35. The number of hydrogen-bond donors (Lipinski definition) is 2. The quantitative estimate of drug-likeness (QED) is 0.654. The van der Waals surface area contributed by atoms with Crippen LogP contribution in [0.15, 0.2) is 18.2 Å². The van der Waals surface area contributed by atoms with Crippen molar-refractivity contribution in [3.8, 4) is 0 Å². The molecular formula is C15H22N2O3. The molecule has 0 atom stereocenters. The summed E-state index contributed by atoms with van der Waals surface area (Å²) in [7, 11) is 0. The third-order valence-corrected chi connectivity index (χ3v) is 4.35. The summed E-state index contributed by atoms with van der Waals surface area (Å²) in [5, 5.41) is 24.0. The average molecular weight is 278 g/mol. The van der Waals surface area contributed by atoms with E-state index in [1.54, 1.807) is 19.1 Å². The highest BCUT2D eigenvalue weighted by atomic mass is 16.6. The Bertz CT molecular complexity index is 494. The Balaban J connectivity index is 2.20. The first-order valence-corrected chi connectivity index (χ1v) is 7.10. The zero-order chi connectivity index (χ0) is 14.8. The van der Waals surface area contributed by atoms with Gasteiger partial charge in [-0.1, -0.05) is 13.0 Å². The molecule has 0 unspecified atom stereocenters. The van der Waals surface area contributed by atoms with Crippen molar-refractivity contribution < 1.29 is 10.0 Å². The third kappa shape index (κ3) is 3.10. The Labute approximate surface area is 119 Å². The zero-order valence-electron chi connectivity index (χ0n) is 12.1. The highest BCUT2D eigenvalue weighted by Crippen LogP contribution is 2.35. The van der Waals surface area contributed by atoms with Gasteiger partial charge in [0.1, 0.15) is 0 Å². The predicted octanol–water partition coefficient (Wildman–Crippen LogP) is 3.26. The van der Waals surface area contributed by atoms with E-state index in [4.69, 9.17) is 0 Å². The monoisotopic (exact) mass is 278 g/mol. The normalized spacial score (nSPS) is 26.2. The zero-order valence-corrected chi connectivity index (χ0v) is 12.1. The van der Waals surface area contributed by atoms with Crippen LogP contribution in [0.2, 0.25) is 0 Å². The Morgan fingerprint density at radius 2 is 2.10 bits per heavy atom. The fraction of sp³-hybridized carbons (Fsp3) is 0.600. The SMILES string of the molecule is Cc1ccc(NC2(CO)CCC(C)CC2)cc1[N+](=O)[O-]. The van der Waals surface area contributed by atoms with Crippen LogP contribution < -0.4 is 5.32 Å². The van der Waals surface area contributed by atoms with Crippen molar-refractivity contribution in [1.82, 2.24) is 0 Å². The van der Waals surface area contributed by atoms with E-state index in [1.807, 2.05) is 6.07 Å². The Morgan fingerprint density at radius 1 is 1.45 bits per heavy atom. The Kier molecular flexibility index (Phi) is 4.28. The Morgan fingerprint density at radius 3 is 2.65 bits per heavy atom. The highest BCUT2D eigenvalue weighted by Gasteiger charge is 2.33. The van der Waals surface area contributed by atoms with Gasteiger partial charge in [-0.05, 0) is 44.6 Å². The van der Waals surface area contributed by atoms with Crippen LogP contribution in [0.4, 0.5) is 11.4 Å². The maximum absolute atomic E-state index is 11.0. The van der Waals surface area contributed by atoms with Gasteiger partial charge >= 0.3 is 0 Å². The molecule has 0 aliphatic heterocycles. The molecule has 20 heavy (non-hydrogen) atoms. The van der Waals surface area contributed by atoms with Gasteiger partial charge in [0.05, 0.1) is 17.1 Å². The molecule has 0 bridgehead atoms. The number of benzene rings is 1. The summed E-state index contributed by atoms with van der Waals surface area (Å²) in [5.41, 5.74) is 1.14. The van der Waals surface area contributed by atoms with E-state index < -0.39 is 0 Å². The van der Waals surface area contributed by atoms with E-state index in [9.17, 15) is 15.2 Å². The van der Waals surface area contributed by atoms with Crippen molar-refractivity contribution in [1.29, 1.82) is 0 Å². The number of aliphatic hydroxyl groups excluding tert-OH is 1. The summed E-state index contributed by atoms with van der Waals surface area (Å²) < 4.78 is 0. The summed E-state index contributed by atoms with van der Waals surface area (Å²) in [6, 6.07) is 5.15. The van der Waals surface area contributed by atoms with Crippen LogP contribution in [0.3, 0.4) is 0 Å². The van der Waals surface area contributed by atoms with Crippen LogP contribution in [0, 0.1) is 23.0 Å². The molecular weight excluding hydrogens is 256 g/mol. The molecule has 0 saturated heterocycles. The molecule has 1 aromatic carbocycles. The molecule has 110 valence electrons. The van der Waals surface area contributed by atoms with E-state index in [0.717, 1.165) is 25.7 Å². The van der Waals surface area contributed by atoms with Crippen molar-refractivity contribution in [2.24, 2.45) is 5.92 Å². The topological polar surface area (TPSA) is 75.4 Å². The predicted molar refractivity (Wildman–Crippen MR) is 78.9 cm³/mol. The molecule has 0 aromatic heterocycles. The van der Waals surface area contributed by atoms with E-state index in [1.165, 1.54) is 0 Å². The molecule has 0 spiro atoms. The number of nitrogens with one attached hydrogen (secondary N) is 1. The fourth-order valence-corrected chi connectivity index (χ4v) is 2.83. The second-order valence-electron chi connectivity index (χ2n) is 6.00. The maximum Gasteiger partial charge on any atom is 0.274 e. The summed E-state index contributed by atoms with van der Waals surface area (Å²) in [5.74, 6) is 0.684. The van der Waals surface area contributed by atoms with Gasteiger partial charge in [-0.15, -0.1) is 0 Å². The first-order valence-electron chi connectivity index (χ1n) is 7.10. The second kappa shape index (κ2) is 5.79. The van der Waals surface area contributed by atoms with Crippen LogP contribution >= 0.6 is 0 Å². The van der Waals surface area contributed by atoms with Crippen molar-refractivity contribution in [3.05, 3.63) is 33.9 Å². The summed E-state index contributed by atoms with van der Waals surface area (Å²) >= 11 is 0. The number of nitro groups is 1. The van der Waals surface area contributed by atoms with Gasteiger partial charge in [-0.2, -0.15) is 0 Å². The highest BCUT2D eigenvalue weighted by molar-refractivity contribution is 5.56. The minimum atomic E-state index is -0.366. The molecule has 1 aromatic rings. The largest absolute Gasteiger partial charge is 0.394 e. The second-order valence-corrected chi connectivity index (χ2v) is 6.00. The first-order chi connectivity index (χ1) is 9.46. The van der Waals surface area contributed by atoms with Crippen molar-refractivity contribution in [3.63, 3.8) is 0 Å². The minimum absolute atomic E-state index is 0.0569. The molecule has 1 saturated carbocycles. The van der Waals surface area contributed by atoms with Crippen LogP contribution in [0.25, 0.3) is 0 Å². The maximum atomic E-state index is 11.0. The van der Waals surface area contributed by atoms with Gasteiger partial charge in [-0.25, -0.2) is 0 Å². The van der Waals surface area contributed by atoms with E-state index in [-0.39, 0.29) is 22.8 Å². The number of rotatable bonds is 4. The lowest BCUT2D eigenvalue weighted by atomic mass is 9.77. The molecule has 5 nitrogen and oxygen atoms in total. The lowest BCUT2D eigenvalue weighted by Gasteiger charge is -2.39. The summed E-state index contributed by atoms with van der Waals surface area (Å²) in [6.45, 7) is 4.01. The molecule has 1 aliphatic rings.